The van der Waals surface area contributed by atoms with Crippen LogP contribution >= 0.6 is 24.0 Å². The van der Waals surface area contributed by atoms with Gasteiger partial charge in [0.1, 0.15) is 0 Å². The molecule has 3 amide bonds. The number of nitrogens with zero attached hydrogens (tertiary/aromatic N) is 1. The van der Waals surface area contributed by atoms with E-state index >= 15 is 0 Å². The lowest BCUT2D eigenvalue weighted by molar-refractivity contribution is 0.0954. The Morgan fingerprint density at radius 1 is 1.41 bits per heavy atom. The molecular weight excluding hydrogens is 327 g/mol. The number of anilines is 1. The predicted octanol–water partition coefficient (Wildman–Crippen LogP) is 1.63. The fourth-order valence-electron chi connectivity index (χ4n) is 2.11. The molecule has 2 rings (SSSR count). The van der Waals surface area contributed by atoms with E-state index in [1.165, 1.54) is 0 Å². The lowest BCUT2D eigenvalue weighted by atomic mass is 10.1. The molecule has 1 heterocycles. The van der Waals surface area contributed by atoms with Crippen LogP contribution in [-0.2, 0) is 0 Å². The van der Waals surface area contributed by atoms with E-state index in [4.69, 9.17) is 11.6 Å². The van der Waals surface area contributed by atoms with Crippen molar-refractivity contribution in [1.29, 1.82) is 0 Å². The number of halogens is 2. The SMILES string of the molecule is CCNCCNC(=O)c1cc(N2CCNC2=O)ccc1Cl.Cl. The molecule has 1 fully saturated rings. The maximum atomic E-state index is 12.1. The van der Waals surface area contributed by atoms with E-state index in [0.29, 0.717) is 42.5 Å². The molecule has 1 aromatic carbocycles. The van der Waals surface area contributed by atoms with Crippen LogP contribution in [0.4, 0.5) is 10.5 Å². The van der Waals surface area contributed by atoms with Gasteiger partial charge in [0.15, 0.2) is 0 Å². The summed E-state index contributed by atoms with van der Waals surface area (Å²) in [5, 5.41) is 9.02. The van der Waals surface area contributed by atoms with Gasteiger partial charge in [-0.3, -0.25) is 9.69 Å². The minimum absolute atomic E-state index is 0. The maximum Gasteiger partial charge on any atom is 0.321 e. The Morgan fingerprint density at radius 2 is 2.18 bits per heavy atom. The first kappa shape index (κ1) is 18.5. The van der Waals surface area contributed by atoms with Crippen molar-refractivity contribution in [1.82, 2.24) is 16.0 Å². The molecule has 0 radical (unpaired) electrons. The molecule has 0 spiro atoms. The number of amides is 3. The number of rotatable bonds is 6. The number of hydrogen-bond acceptors (Lipinski definition) is 3. The van der Waals surface area contributed by atoms with E-state index in [1.807, 2.05) is 6.92 Å². The van der Waals surface area contributed by atoms with Crippen molar-refractivity contribution in [3.63, 3.8) is 0 Å². The lowest BCUT2D eigenvalue weighted by Gasteiger charge is -2.16. The Bertz CT molecular complexity index is 540. The van der Waals surface area contributed by atoms with Crippen molar-refractivity contribution in [2.75, 3.05) is 37.6 Å². The molecule has 122 valence electrons. The van der Waals surface area contributed by atoms with Gasteiger partial charge in [0, 0.05) is 31.9 Å². The van der Waals surface area contributed by atoms with Crippen LogP contribution in [-0.4, -0.2) is 44.7 Å². The second kappa shape index (κ2) is 8.82. The summed E-state index contributed by atoms with van der Waals surface area (Å²) < 4.78 is 0. The first-order chi connectivity index (χ1) is 10.1. The van der Waals surface area contributed by atoms with Gasteiger partial charge < -0.3 is 16.0 Å². The van der Waals surface area contributed by atoms with Crippen LogP contribution in [0, 0.1) is 0 Å². The zero-order valence-electron chi connectivity index (χ0n) is 12.3. The minimum Gasteiger partial charge on any atom is -0.351 e. The smallest absolute Gasteiger partial charge is 0.321 e. The van der Waals surface area contributed by atoms with Crippen LogP contribution in [0.3, 0.4) is 0 Å². The number of hydrogen-bond donors (Lipinski definition) is 3. The molecule has 0 saturated carbocycles. The predicted molar refractivity (Wildman–Crippen MR) is 90.3 cm³/mol. The van der Waals surface area contributed by atoms with Crippen LogP contribution in [0.25, 0.3) is 0 Å². The number of likely N-dealkylation sites (N-methyl/N-ethyl adjacent to an activating group) is 1. The second-order valence-corrected chi connectivity index (χ2v) is 5.06. The summed E-state index contributed by atoms with van der Waals surface area (Å²) in [6.45, 7) is 5.28. The average molecular weight is 347 g/mol. The quantitative estimate of drug-likeness (QED) is 0.685. The van der Waals surface area contributed by atoms with Gasteiger partial charge in [-0.15, -0.1) is 12.4 Å². The van der Waals surface area contributed by atoms with Crippen LogP contribution in [0.2, 0.25) is 5.02 Å². The van der Waals surface area contributed by atoms with Gasteiger partial charge in [-0.1, -0.05) is 18.5 Å². The number of nitrogens with one attached hydrogen (secondary N) is 3. The molecule has 1 saturated heterocycles. The van der Waals surface area contributed by atoms with Gasteiger partial charge in [-0.2, -0.15) is 0 Å². The fraction of sp³-hybridized carbons (Fsp3) is 0.429. The van der Waals surface area contributed by atoms with Gasteiger partial charge in [0.25, 0.3) is 5.91 Å². The van der Waals surface area contributed by atoms with Crippen LogP contribution in [0.1, 0.15) is 17.3 Å². The van der Waals surface area contributed by atoms with Crippen LogP contribution < -0.4 is 20.9 Å². The Balaban J connectivity index is 0.00000242. The molecule has 1 aliphatic rings. The Kier molecular flexibility index (Phi) is 7.44. The minimum atomic E-state index is -0.237. The molecule has 22 heavy (non-hydrogen) atoms. The van der Waals surface area contributed by atoms with Crippen molar-refractivity contribution < 1.29 is 9.59 Å². The summed E-state index contributed by atoms with van der Waals surface area (Å²) in [4.78, 5) is 25.4. The topological polar surface area (TPSA) is 73.5 Å². The molecule has 0 unspecified atom stereocenters. The summed E-state index contributed by atoms with van der Waals surface area (Å²) >= 11 is 6.08. The van der Waals surface area contributed by atoms with E-state index < -0.39 is 0 Å². The third-order valence-electron chi connectivity index (χ3n) is 3.20. The second-order valence-electron chi connectivity index (χ2n) is 4.66. The van der Waals surface area contributed by atoms with Gasteiger partial charge >= 0.3 is 6.03 Å². The molecule has 3 N–H and O–H groups in total. The van der Waals surface area contributed by atoms with Crippen molar-refractivity contribution in [2.24, 2.45) is 0 Å². The zero-order chi connectivity index (χ0) is 15.2. The molecule has 0 aliphatic carbocycles. The molecular formula is C14H20Cl2N4O2. The molecule has 1 aliphatic heterocycles. The van der Waals surface area contributed by atoms with Crippen molar-refractivity contribution >= 4 is 41.6 Å². The summed E-state index contributed by atoms with van der Waals surface area (Å²) in [6.07, 6.45) is 0. The molecule has 0 bridgehead atoms. The van der Waals surface area contributed by atoms with E-state index in [-0.39, 0.29) is 24.3 Å². The van der Waals surface area contributed by atoms with Gasteiger partial charge in [-0.05, 0) is 24.7 Å². The maximum absolute atomic E-state index is 12.1. The van der Waals surface area contributed by atoms with E-state index in [2.05, 4.69) is 16.0 Å². The number of carbonyl (C=O) groups excluding carboxylic acids is 2. The monoisotopic (exact) mass is 346 g/mol. The van der Waals surface area contributed by atoms with Gasteiger partial charge in [0.2, 0.25) is 0 Å². The number of carbonyl (C=O) groups is 2. The van der Waals surface area contributed by atoms with Crippen LogP contribution in [0.15, 0.2) is 18.2 Å². The average Bonchev–Trinajstić information content (AvgIpc) is 2.90. The van der Waals surface area contributed by atoms with Gasteiger partial charge in [-0.25, -0.2) is 4.79 Å². The Hall–Kier alpha value is -1.50. The largest absolute Gasteiger partial charge is 0.351 e. The third kappa shape index (κ3) is 4.50. The third-order valence-corrected chi connectivity index (χ3v) is 3.53. The zero-order valence-corrected chi connectivity index (χ0v) is 13.9. The van der Waals surface area contributed by atoms with E-state index in [0.717, 1.165) is 6.54 Å². The molecule has 8 heteroatoms. The Morgan fingerprint density at radius 3 is 2.82 bits per heavy atom. The molecule has 6 nitrogen and oxygen atoms in total. The first-order valence-electron chi connectivity index (χ1n) is 6.97. The van der Waals surface area contributed by atoms with Crippen LogP contribution in [0.5, 0.6) is 0 Å². The highest BCUT2D eigenvalue weighted by Crippen LogP contribution is 2.24. The highest BCUT2D eigenvalue weighted by atomic mass is 35.5. The van der Waals surface area contributed by atoms with Crippen molar-refractivity contribution in [3.8, 4) is 0 Å². The Labute approximate surface area is 141 Å². The normalized spacial score (nSPS) is 13.5. The van der Waals surface area contributed by atoms with E-state index in [9.17, 15) is 9.59 Å². The lowest BCUT2D eigenvalue weighted by Crippen LogP contribution is -2.32. The molecule has 0 aromatic heterocycles. The van der Waals surface area contributed by atoms with Gasteiger partial charge in [0.05, 0.1) is 10.6 Å². The summed E-state index contributed by atoms with van der Waals surface area (Å²) in [6, 6.07) is 4.87. The number of urea groups is 1. The van der Waals surface area contributed by atoms with E-state index in [1.54, 1.807) is 23.1 Å². The standard InChI is InChI=1S/C14H19ClN4O2.ClH/c1-2-16-5-6-17-13(20)11-9-10(3-4-12(11)15)19-8-7-18-14(19)21;/h3-4,9,16H,2,5-8H2,1H3,(H,17,20)(H,18,21);1H. The van der Waals surface area contributed by atoms with Crippen molar-refractivity contribution in [3.05, 3.63) is 28.8 Å². The fourth-order valence-corrected chi connectivity index (χ4v) is 2.31. The van der Waals surface area contributed by atoms with Crippen molar-refractivity contribution in [2.45, 2.75) is 6.92 Å². The first-order valence-corrected chi connectivity index (χ1v) is 7.35. The highest BCUT2D eigenvalue weighted by Gasteiger charge is 2.22. The summed E-state index contributed by atoms with van der Waals surface area (Å²) in [5.41, 5.74) is 1.05. The molecule has 1 aromatic rings. The summed E-state index contributed by atoms with van der Waals surface area (Å²) in [7, 11) is 0. The highest BCUT2D eigenvalue weighted by molar-refractivity contribution is 6.34. The molecule has 0 atom stereocenters. The number of benzene rings is 1. The summed E-state index contributed by atoms with van der Waals surface area (Å²) in [5.74, 6) is -0.237.